The number of benzene rings is 1. The van der Waals surface area contributed by atoms with E-state index in [4.69, 9.17) is 31.9 Å². The van der Waals surface area contributed by atoms with E-state index in [1.54, 1.807) is 0 Å². The van der Waals surface area contributed by atoms with Crippen LogP contribution in [0.1, 0.15) is 46.4 Å². The predicted molar refractivity (Wildman–Crippen MR) is 237 cm³/mol. The number of nitrogens with two attached hydrogens (primary N) is 2. The molecule has 0 fully saturated rings. The van der Waals surface area contributed by atoms with Crippen LogP contribution in [0.15, 0.2) is 24.3 Å². The van der Waals surface area contributed by atoms with Gasteiger partial charge in [-0.15, -0.1) is 0 Å². The van der Waals surface area contributed by atoms with Crippen LogP contribution >= 0.6 is 43.2 Å². The average Bonchev–Trinajstić information content (AvgIpc) is 3.28. The summed E-state index contributed by atoms with van der Waals surface area (Å²) in [6.45, 7) is -1.55. The minimum absolute atomic E-state index is 0. The number of nitrogens with one attached hydrogen (secondary N) is 6. The molecule has 14 N–H and O–H groups in total. The summed E-state index contributed by atoms with van der Waals surface area (Å²) in [4.78, 5) is 146. The van der Waals surface area contributed by atoms with Crippen molar-refractivity contribution in [2.24, 2.45) is 11.5 Å². The molecule has 1 rings (SSSR count). The number of carbonyl (C=O) groups excluding carboxylic acids is 8. The van der Waals surface area contributed by atoms with Crippen LogP contribution in [0.5, 0.6) is 0 Å². The molecule has 1 aromatic rings. The molecule has 0 aliphatic heterocycles. The molecular formula is C36H48N8O18S4Y2-2. The van der Waals surface area contributed by atoms with Crippen LogP contribution in [0.25, 0.3) is 0 Å². The van der Waals surface area contributed by atoms with Gasteiger partial charge in [-0.05, 0) is 31.0 Å². The van der Waals surface area contributed by atoms with Crippen LogP contribution in [-0.2, 0) is 123 Å². The predicted octanol–water partition coefficient (Wildman–Crippen LogP) is -2.93. The molecule has 0 heterocycles. The number of hydrogen-bond acceptors (Lipinski definition) is 20. The van der Waals surface area contributed by atoms with Crippen molar-refractivity contribution in [3.8, 4) is 0 Å². The van der Waals surface area contributed by atoms with Crippen LogP contribution in [-0.4, -0.2) is 164 Å². The summed E-state index contributed by atoms with van der Waals surface area (Å²) in [7, 11) is 9.85. The molecule has 6 atom stereocenters. The summed E-state index contributed by atoms with van der Waals surface area (Å²) in [5, 5.41) is 49.6. The minimum atomic E-state index is -1.37. The number of rotatable bonds is 32. The van der Waals surface area contributed by atoms with Crippen molar-refractivity contribution in [1.29, 1.82) is 0 Å². The zero-order valence-electron chi connectivity index (χ0n) is 35.7. The molecule has 32 heteroatoms. The van der Waals surface area contributed by atoms with E-state index < -0.39 is 121 Å². The van der Waals surface area contributed by atoms with Crippen molar-refractivity contribution in [3.05, 3.63) is 49.6 Å². The molecular weight excluding hydrogens is 1140 g/mol. The van der Waals surface area contributed by atoms with Crippen LogP contribution in [0.4, 0.5) is 0 Å². The SMILES string of the molecule is [CH2-]OC(=O)C(CSSCC(NC(=O)CCC(N)C(=O)O)C(=O)NCC(=O)O)NC(=O)c1cccc(C(=O)NC(CSSCC(NC(=O)CCC(N)C(=O)O)C(=O)NCC(=O)O)C(=O)O[CH2-])c1.[Y].[Y]. The van der Waals surface area contributed by atoms with Crippen LogP contribution in [0.2, 0.25) is 0 Å². The van der Waals surface area contributed by atoms with E-state index in [1.807, 2.05) is 0 Å². The van der Waals surface area contributed by atoms with E-state index in [0.29, 0.717) is 0 Å². The second kappa shape index (κ2) is 36.3. The average molecular weight is 1190 g/mol. The minimum Gasteiger partial charge on any atom is -0.639 e. The third-order valence-corrected chi connectivity index (χ3v) is 12.9. The fourth-order valence-corrected chi connectivity index (χ4v) is 9.20. The molecule has 0 bridgehead atoms. The summed E-state index contributed by atoms with van der Waals surface area (Å²) in [6.07, 6.45) is -1.25. The van der Waals surface area contributed by atoms with Gasteiger partial charge in [-0.1, -0.05) is 49.2 Å². The Morgan fingerprint density at radius 1 is 0.544 bits per heavy atom. The molecule has 26 nitrogen and oxygen atoms in total. The summed E-state index contributed by atoms with van der Waals surface area (Å²) in [5.74, 6) is -13.2. The second-order valence-corrected chi connectivity index (χ2v) is 18.2. The van der Waals surface area contributed by atoms with Gasteiger partial charge in [0.2, 0.25) is 23.6 Å². The van der Waals surface area contributed by atoms with E-state index in [0.717, 1.165) is 49.2 Å². The van der Waals surface area contributed by atoms with E-state index in [9.17, 15) is 57.5 Å². The Hall–Kier alpha value is -3.61. The Balaban J connectivity index is 0. The van der Waals surface area contributed by atoms with E-state index in [-0.39, 0.29) is 125 Å². The molecule has 6 unspecified atom stereocenters. The molecule has 0 aliphatic carbocycles. The quantitative estimate of drug-likeness (QED) is 0.0149. The number of ether oxygens (including phenoxy) is 2. The number of carbonyl (C=O) groups is 12. The summed E-state index contributed by atoms with van der Waals surface area (Å²) in [5.41, 5.74) is 10.6. The fraction of sp³-hybridized carbons (Fsp3) is 0.444. The van der Waals surface area contributed by atoms with Gasteiger partial charge >= 0.3 is 23.9 Å². The summed E-state index contributed by atoms with van der Waals surface area (Å²) in [6, 6.07) is -3.02. The maximum Gasteiger partial charge on any atom is 0.322 e. The van der Waals surface area contributed by atoms with Crippen molar-refractivity contribution >= 4 is 114 Å². The Labute approximate surface area is 454 Å². The van der Waals surface area contributed by atoms with Gasteiger partial charge in [-0.2, -0.15) is 14.2 Å². The number of carboxylic acid groups (broad SMARTS) is 4. The number of amides is 6. The monoisotopic (exact) mass is 1190 g/mol. The fourth-order valence-electron chi connectivity index (χ4n) is 4.58. The first-order valence-electron chi connectivity index (χ1n) is 18.8. The molecule has 0 aromatic heterocycles. The Kier molecular flexibility index (Phi) is 35.5. The van der Waals surface area contributed by atoms with Crippen molar-refractivity contribution in [2.45, 2.75) is 61.9 Å². The van der Waals surface area contributed by atoms with Crippen LogP contribution in [0.3, 0.4) is 0 Å². The van der Waals surface area contributed by atoms with Crippen molar-refractivity contribution in [2.75, 3.05) is 36.1 Å². The largest absolute Gasteiger partial charge is 0.639 e. The van der Waals surface area contributed by atoms with Gasteiger partial charge in [-0.3, -0.25) is 57.5 Å². The number of carboxylic acids is 4. The maximum absolute atomic E-state index is 13.3. The Bertz CT molecular complexity index is 1810. The molecule has 68 heavy (non-hydrogen) atoms. The van der Waals surface area contributed by atoms with E-state index >= 15 is 0 Å². The molecule has 0 aliphatic rings. The van der Waals surface area contributed by atoms with Crippen molar-refractivity contribution < 1.29 is 153 Å². The van der Waals surface area contributed by atoms with Gasteiger partial charge in [0, 0.05) is 112 Å². The van der Waals surface area contributed by atoms with Gasteiger partial charge in [0.15, 0.2) is 0 Å². The second-order valence-electron chi connectivity index (χ2n) is 13.1. The first-order valence-corrected chi connectivity index (χ1v) is 23.7. The zero-order chi connectivity index (χ0) is 49.9. The first kappa shape index (κ1) is 66.5. The Morgan fingerprint density at radius 3 is 1.16 bits per heavy atom. The topological polar surface area (TPSA) is 428 Å². The summed E-state index contributed by atoms with van der Waals surface area (Å²) < 4.78 is 9.09. The third-order valence-electron chi connectivity index (χ3n) is 8.09. The third kappa shape index (κ3) is 27.5. The van der Waals surface area contributed by atoms with Gasteiger partial charge in [0.1, 0.15) is 49.3 Å². The number of aliphatic carboxylic acids is 4. The van der Waals surface area contributed by atoms with Gasteiger partial charge < -0.3 is 73.3 Å². The smallest absolute Gasteiger partial charge is 0.322 e. The van der Waals surface area contributed by atoms with Crippen molar-refractivity contribution in [3.63, 3.8) is 0 Å². The van der Waals surface area contributed by atoms with Gasteiger partial charge in [-0.25, -0.2) is 0 Å². The number of esters is 2. The van der Waals surface area contributed by atoms with Crippen LogP contribution in [0, 0.1) is 14.2 Å². The molecule has 6 amide bonds. The molecule has 372 valence electrons. The molecule has 0 saturated heterocycles. The van der Waals surface area contributed by atoms with E-state index in [1.165, 1.54) is 18.2 Å². The standard InChI is InChI=1S/C36H48N8O18S4.2Y/c1-61-35(59)23(15-65-63-13-21(31(53)39-11-27(47)48)41-25(45)8-6-19(37)33(55)56)43-29(51)17-4-3-5-18(10-17)30(52)44-24(36(60)62-2)16-66-64-14-22(32(54)40-12-28(49)50)42-26(46)9-7-20(38)34(57)58;;/h3-5,10,19-24H,1-2,6-9,11-16,37-38H2,(H,39,53)(H,40,54)(H,41,45)(H,42,46)(H,43,51)(H,44,52)(H,47,48)(H,49,50)(H,55,56)(H,57,58);;/q-2;;. The van der Waals surface area contributed by atoms with Crippen LogP contribution < -0.4 is 43.4 Å². The van der Waals surface area contributed by atoms with Crippen molar-refractivity contribution in [1.82, 2.24) is 31.9 Å². The number of hydrogen-bond donors (Lipinski definition) is 12. The molecule has 1 aromatic carbocycles. The first-order chi connectivity index (χ1) is 31.1. The summed E-state index contributed by atoms with van der Waals surface area (Å²) >= 11 is 0. The molecule has 2 radical (unpaired) electrons. The molecule has 0 saturated carbocycles. The maximum atomic E-state index is 13.3. The Morgan fingerprint density at radius 2 is 0.868 bits per heavy atom. The van der Waals surface area contributed by atoms with E-state index in [2.05, 4.69) is 55.6 Å². The zero-order valence-corrected chi connectivity index (χ0v) is 44.6. The van der Waals surface area contributed by atoms with Gasteiger partial charge in [0.25, 0.3) is 23.8 Å². The molecule has 0 spiro atoms. The van der Waals surface area contributed by atoms with Gasteiger partial charge in [0.05, 0.1) is 0 Å². The normalized spacial score (nSPS) is 13.0.